The van der Waals surface area contributed by atoms with Crippen molar-refractivity contribution >= 4 is 17.4 Å². The van der Waals surface area contributed by atoms with E-state index in [1.165, 1.54) is 4.90 Å². The van der Waals surface area contributed by atoms with Gasteiger partial charge in [0.05, 0.1) is 17.6 Å². The molecule has 1 heterocycles. The first-order chi connectivity index (χ1) is 7.24. The largest absolute Gasteiger partial charge is 0.396 e. The van der Waals surface area contributed by atoms with Crippen LogP contribution < -0.4 is 5.73 Å². The molecule has 0 saturated heterocycles. The van der Waals surface area contributed by atoms with E-state index in [2.05, 4.69) is 23.5 Å². The first-order valence-electron chi connectivity index (χ1n) is 4.65. The molecule has 1 aromatic carbocycles. The molecule has 2 aromatic rings. The molecule has 0 aliphatic rings. The van der Waals surface area contributed by atoms with Gasteiger partial charge in [0.2, 0.25) is 0 Å². The summed E-state index contributed by atoms with van der Waals surface area (Å²) in [5.41, 5.74) is 8.75. The van der Waals surface area contributed by atoms with E-state index in [0.29, 0.717) is 0 Å². The van der Waals surface area contributed by atoms with Gasteiger partial charge in [-0.2, -0.15) is 5.10 Å². The Bertz CT molecular complexity index is 457. The number of benzene rings is 1. The van der Waals surface area contributed by atoms with E-state index in [0.717, 1.165) is 16.9 Å². The van der Waals surface area contributed by atoms with Crippen molar-refractivity contribution in [3.05, 3.63) is 30.5 Å². The van der Waals surface area contributed by atoms with Crippen LogP contribution in [0.25, 0.3) is 11.3 Å². The van der Waals surface area contributed by atoms with Crippen LogP contribution in [-0.4, -0.2) is 16.0 Å². The third-order valence-electron chi connectivity index (χ3n) is 2.33. The van der Waals surface area contributed by atoms with Crippen molar-refractivity contribution in [3.8, 4) is 11.3 Å². The van der Waals surface area contributed by atoms with Crippen molar-refractivity contribution in [3.63, 3.8) is 0 Å². The van der Waals surface area contributed by atoms with E-state index in [4.69, 9.17) is 5.73 Å². The highest BCUT2D eigenvalue weighted by molar-refractivity contribution is 7.98. The van der Waals surface area contributed by atoms with Crippen LogP contribution in [0.15, 0.2) is 35.4 Å². The van der Waals surface area contributed by atoms with E-state index in [1.807, 2.05) is 23.9 Å². The number of hydrogen-bond donors (Lipinski definition) is 1. The van der Waals surface area contributed by atoms with Crippen molar-refractivity contribution in [1.82, 2.24) is 9.78 Å². The Morgan fingerprint density at radius 1 is 1.33 bits per heavy atom. The zero-order chi connectivity index (χ0) is 10.8. The highest BCUT2D eigenvalue weighted by Gasteiger charge is 2.11. The number of nitrogens with zero attached hydrogens (tertiary/aromatic N) is 2. The maximum Gasteiger partial charge on any atom is 0.0919 e. The number of nitrogen functional groups attached to an aromatic ring is 1. The van der Waals surface area contributed by atoms with Crippen molar-refractivity contribution < 1.29 is 0 Å². The van der Waals surface area contributed by atoms with Crippen LogP contribution in [0.2, 0.25) is 0 Å². The third-order valence-corrected chi connectivity index (χ3v) is 3.12. The number of aromatic nitrogens is 2. The molecule has 2 rings (SSSR count). The molecule has 0 atom stereocenters. The topological polar surface area (TPSA) is 43.8 Å². The smallest absolute Gasteiger partial charge is 0.0919 e. The normalized spacial score (nSPS) is 10.5. The van der Waals surface area contributed by atoms with Gasteiger partial charge in [-0.3, -0.25) is 4.68 Å². The lowest BCUT2D eigenvalue weighted by Crippen LogP contribution is -1.96. The SMILES string of the molecule is CSc1ccccc1-c1c(N)cnn1C. The maximum atomic E-state index is 5.90. The van der Waals surface area contributed by atoms with Crippen molar-refractivity contribution in [1.29, 1.82) is 0 Å². The number of anilines is 1. The molecule has 0 amide bonds. The summed E-state index contributed by atoms with van der Waals surface area (Å²) >= 11 is 1.71. The van der Waals surface area contributed by atoms with Gasteiger partial charge in [0.25, 0.3) is 0 Å². The van der Waals surface area contributed by atoms with Gasteiger partial charge in [0.15, 0.2) is 0 Å². The molecule has 0 aliphatic heterocycles. The molecule has 0 radical (unpaired) electrons. The summed E-state index contributed by atoms with van der Waals surface area (Å²) in [4.78, 5) is 1.22. The Kier molecular flexibility index (Phi) is 2.68. The molecule has 0 saturated carbocycles. The average molecular weight is 219 g/mol. The predicted octanol–water partition coefficient (Wildman–Crippen LogP) is 2.39. The molecule has 2 N–H and O–H groups in total. The number of nitrogens with two attached hydrogens (primary N) is 1. The molecule has 0 spiro atoms. The summed E-state index contributed by atoms with van der Waals surface area (Å²) in [5, 5.41) is 4.15. The minimum Gasteiger partial charge on any atom is -0.396 e. The van der Waals surface area contributed by atoms with Crippen LogP contribution in [0, 0.1) is 0 Å². The van der Waals surface area contributed by atoms with Crippen LogP contribution in [-0.2, 0) is 7.05 Å². The molecule has 3 nitrogen and oxygen atoms in total. The second-order valence-corrected chi connectivity index (χ2v) is 4.12. The van der Waals surface area contributed by atoms with Gasteiger partial charge in [-0.05, 0) is 12.3 Å². The minimum absolute atomic E-state index is 0.721. The number of thioether (sulfide) groups is 1. The van der Waals surface area contributed by atoms with Gasteiger partial charge < -0.3 is 5.73 Å². The highest BCUT2D eigenvalue weighted by atomic mass is 32.2. The molecule has 1 aromatic heterocycles. The molecule has 78 valence electrons. The Labute approximate surface area is 93.3 Å². The van der Waals surface area contributed by atoms with E-state index >= 15 is 0 Å². The zero-order valence-corrected chi connectivity index (χ0v) is 9.58. The van der Waals surface area contributed by atoms with Crippen LogP contribution in [0.3, 0.4) is 0 Å². The summed E-state index contributed by atoms with van der Waals surface area (Å²) in [7, 11) is 1.91. The van der Waals surface area contributed by atoms with E-state index in [1.54, 1.807) is 18.0 Å². The lowest BCUT2D eigenvalue weighted by atomic mass is 10.1. The Balaban J connectivity index is 2.63. The summed E-state index contributed by atoms with van der Waals surface area (Å²) < 4.78 is 1.81. The fourth-order valence-electron chi connectivity index (χ4n) is 1.62. The quantitative estimate of drug-likeness (QED) is 0.789. The molecular formula is C11H13N3S. The van der Waals surface area contributed by atoms with E-state index in [9.17, 15) is 0 Å². The first-order valence-corrected chi connectivity index (χ1v) is 5.87. The molecule has 0 bridgehead atoms. The summed E-state index contributed by atoms with van der Waals surface area (Å²) in [6, 6.07) is 8.20. The Hall–Kier alpha value is -1.42. The van der Waals surface area contributed by atoms with Gasteiger partial charge >= 0.3 is 0 Å². The molecule has 0 unspecified atom stereocenters. The molecule has 15 heavy (non-hydrogen) atoms. The second kappa shape index (κ2) is 3.98. The van der Waals surface area contributed by atoms with Gasteiger partial charge in [-0.25, -0.2) is 0 Å². The molecule has 0 fully saturated rings. The van der Waals surface area contributed by atoms with Crippen molar-refractivity contribution in [2.75, 3.05) is 12.0 Å². The molecule has 0 aliphatic carbocycles. The first kappa shape index (κ1) is 10.1. The zero-order valence-electron chi connectivity index (χ0n) is 8.77. The summed E-state index contributed by atoms with van der Waals surface area (Å²) in [6.07, 6.45) is 3.75. The lowest BCUT2D eigenvalue weighted by molar-refractivity contribution is 0.774. The van der Waals surface area contributed by atoms with Crippen molar-refractivity contribution in [2.24, 2.45) is 7.05 Å². The molecule has 4 heteroatoms. The standard InChI is InChI=1S/C11H13N3S/c1-14-11(9(12)7-13-14)8-5-3-4-6-10(8)15-2/h3-7H,12H2,1-2H3. The monoisotopic (exact) mass is 219 g/mol. The van der Waals surface area contributed by atoms with Gasteiger partial charge in [0, 0.05) is 17.5 Å². The van der Waals surface area contributed by atoms with Gasteiger partial charge in [0.1, 0.15) is 0 Å². The van der Waals surface area contributed by atoms with Gasteiger partial charge in [-0.15, -0.1) is 11.8 Å². The number of aryl methyl sites for hydroxylation is 1. The second-order valence-electron chi connectivity index (χ2n) is 3.27. The van der Waals surface area contributed by atoms with Crippen LogP contribution in [0.4, 0.5) is 5.69 Å². The minimum atomic E-state index is 0.721. The van der Waals surface area contributed by atoms with Crippen LogP contribution in [0.1, 0.15) is 0 Å². The Morgan fingerprint density at radius 3 is 2.67 bits per heavy atom. The highest BCUT2D eigenvalue weighted by Crippen LogP contribution is 2.32. The van der Waals surface area contributed by atoms with Crippen molar-refractivity contribution in [2.45, 2.75) is 4.90 Å². The lowest BCUT2D eigenvalue weighted by Gasteiger charge is -2.08. The third kappa shape index (κ3) is 1.72. The number of rotatable bonds is 2. The van der Waals surface area contributed by atoms with E-state index in [-0.39, 0.29) is 0 Å². The van der Waals surface area contributed by atoms with Crippen LogP contribution in [0.5, 0.6) is 0 Å². The van der Waals surface area contributed by atoms with E-state index < -0.39 is 0 Å². The fraction of sp³-hybridized carbons (Fsp3) is 0.182. The Morgan fingerprint density at radius 2 is 2.07 bits per heavy atom. The summed E-state index contributed by atoms with van der Waals surface area (Å²) in [6.45, 7) is 0. The summed E-state index contributed by atoms with van der Waals surface area (Å²) in [5.74, 6) is 0. The molecular weight excluding hydrogens is 206 g/mol. The van der Waals surface area contributed by atoms with Crippen LogP contribution >= 0.6 is 11.8 Å². The predicted molar refractivity (Wildman–Crippen MR) is 64.8 cm³/mol. The number of hydrogen-bond acceptors (Lipinski definition) is 3. The fourth-order valence-corrected chi connectivity index (χ4v) is 2.22. The average Bonchev–Trinajstić information content (AvgIpc) is 2.59. The van der Waals surface area contributed by atoms with Gasteiger partial charge in [-0.1, -0.05) is 18.2 Å². The maximum absolute atomic E-state index is 5.90.